The summed E-state index contributed by atoms with van der Waals surface area (Å²) in [5.41, 5.74) is 1.74. The van der Waals surface area contributed by atoms with Crippen molar-refractivity contribution in [2.75, 3.05) is 38.2 Å². The zero-order valence-electron chi connectivity index (χ0n) is 17.6. The normalized spacial score (nSPS) is 13.7. The van der Waals surface area contributed by atoms with Gasteiger partial charge in [0.15, 0.2) is 0 Å². The van der Waals surface area contributed by atoms with E-state index in [0.717, 1.165) is 12.8 Å². The molecule has 0 aliphatic carbocycles. The molecule has 0 spiro atoms. The predicted octanol–water partition coefficient (Wildman–Crippen LogP) is 4.37. The first-order valence-electron chi connectivity index (χ1n) is 10.7. The first-order chi connectivity index (χ1) is 14.7. The highest BCUT2D eigenvalue weighted by Gasteiger charge is 2.18. The van der Waals surface area contributed by atoms with Crippen LogP contribution in [0.4, 0.5) is 5.69 Å². The summed E-state index contributed by atoms with van der Waals surface area (Å²) in [4.78, 5) is 27.1. The minimum atomic E-state index is -0.230. The number of benzene rings is 2. The molecular weight excluding hydrogens is 380 g/mol. The molecule has 160 valence electrons. The molecule has 0 saturated carbocycles. The Labute approximate surface area is 178 Å². The Morgan fingerprint density at radius 3 is 2.47 bits per heavy atom. The van der Waals surface area contributed by atoms with Crippen LogP contribution in [0.1, 0.15) is 53.3 Å². The Morgan fingerprint density at radius 2 is 1.73 bits per heavy atom. The predicted molar refractivity (Wildman–Crippen MR) is 117 cm³/mol. The number of nitrogens with one attached hydrogen (secondary N) is 1. The van der Waals surface area contributed by atoms with Crippen molar-refractivity contribution in [3.8, 4) is 5.75 Å². The summed E-state index contributed by atoms with van der Waals surface area (Å²) in [5.74, 6) is 0.343. The van der Waals surface area contributed by atoms with Crippen molar-refractivity contribution in [1.82, 2.24) is 4.90 Å². The zero-order chi connectivity index (χ0) is 21.2. The SMILES string of the molecule is CCCCCCOc1ccccc1C(=O)Nc1ccc(C(=O)N2CCOCC2)cc1. The van der Waals surface area contributed by atoms with Gasteiger partial charge in [-0.15, -0.1) is 0 Å². The zero-order valence-corrected chi connectivity index (χ0v) is 17.6. The fourth-order valence-electron chi connectivity index (χ4n) is 3.33. The molecule has 3 rings (SSSR count). The van der Waals surface area contributed by atoms with E-state index in [-0.39, 0.29) is 11.8 Å². The topological polar surface area (TPSA) is 67.9 Å². The number of anilines is 1. The third-order valence-electron chi connectivity index (χ3n) is 5.08. The monoisotopic (exact) mass is 410 g/mol. The van der Waals surface area contributed by atoms with Crippen molar-refractivity contribution in [2.24, 2.45) is 0 Å². The lowest BCUT2D eigenvalue weighted by Crippen LogP contribution is -2.40. The van der Waals surface area contributed by atoms with E-state index in [0.29, 0.717) is 55.5 Å². The van der Waals surface area contributed by atoms with Crippen LogP contribution in [-0.2, 0) is 4.74 Å². The van der Waals surface area contributed by atoms with Crippen molar-refractivity contribution in [3.05, 3.63) is 59.7 Å². The van der Waals surface area contributed by atoms with Gasteiger partial charge in [0.1, 0.15) is 5.75 Å². The number of carbonyl (C=O) groups is 2. The average Bonchev–Trinajstić information content (AvgIpc) is 2.80. The lowest BCUT2D eigenvalue weighted by Gasteiger charge is -2.26. The van der Waals surface area contributed by atoms with Gasteiger partial charge in [0.25, 0.3) is 11.8 Å². The Hall–Kier alpha value is -2.86. The molecule has 0 unspecified atom stereocenters. The number of unbranched alkanes of at least 4 members (excludes halogenated alkanes) is 3. The fraction of sp³-hybridized carbons (Fsp3) is 0.417. The fourth-order valence-corrected chi connectivity index (χ4v) is 3.33. The molecule has 2 aromatic rings. The summed E-state index contributed by atoms with van der Waals surface area (Å²) in [5, 5.41) is 2.89. The van der Waals surface area contributed by atoms with Gasteiger partial charge in [0, 0.05) is 24.3 Å². The molecule has 0 aromatic heterocycles. The average molecular weight is 411 g/mol. The van der Waals surface area contributed by atoms with E-state index >= 15 is 0 Å². The third-order valence-corrected chi connectivity index (χ3v) is 5.08. The van der Waals surface area contributed by atoms with E-state index in [1.807, 2.05) is 18.2 Å². The quantitative estimate of drug-likeness (QED) is 0.624. The molecule has 1 aliphatic heterocycles. The minimum Gasteiger partial charge on any atom is -0.493 e. The third kappa shape index (κ3) is 6.07. The van der Waals surface area contributed by atoms with Crippen molar-refractivity contribution >= 4 is 17.5 Å². The van der Waals surface area contributed by atoms with E-state index in [1.54, 1.807) is 35.2 Å². The molecule has 0 atom stereocenters. The first-order valence-corrected chi connectivity index (χ1v) is 10.7. The van der Waals surface area contributed by atoms with Crippen LogP contribution in [0.15, 0.2) is 48.5 Å². The second-order valence-corrected chi connectivity index (χ2v) is 7.34. The second-order valence-electron chi connectivity index (χ2n) is 7.34. The Kier molecular flexibility index (Phi) is 8.27. The molecule has 6 heteroatoms. The van der Waals surface area contributed by atoms with E-state index < -0.39 is 0 Å². The van der Waals surface area contributed by atoms with Crippen molar-refractivity contribution in [1.29, 1.82) is 0 Å². The molecule has 1 N–H and O–H groups in total. The molecule has 0 bridgehead atoms. The summed E-state index contributed by atoms with van der Waals surface area (Å²) < 4.78 is 11.1. The number of ether oxygens (including phenoxy) is 2. The van der Waals surface area contributed by atoms with Gasteiger partial charge in [-0.1, -0.05) is 38.3 Å². The maximum atomic E-state index is 12.8. The summed E-state index contributed by atoms with van der Waals surface area (Å²) in [6, 6.07) is 14.2. The van der Waals surface area contributed by atoms with Crippen LogP contribution in [0.25, 0.3) is 0 Å². The van der Waals surface area contributed by atoms with Crippen LogP contribution >= 0.6 is 0 Å². The highest BCUT2D eigenvalue weighted by molar-refractivity contribution is 6.06. The van der Waals surface area contributed by atoms with Crippen molar-refractivity contribution < 1.29 is 19.1 Å². The number of carbonyl (C=O) groups excluding carboxylic acids is 2. The molecule has 1 saturated heterocycles. The number of hydrogen-bond acceptors (Lipinski definition) is 4. The van der Waals surface area contributed by atoms with Gasteiger partial charge in [0.2, 0.25) is 0 Å². The number of hydrogen-bond donors (Lipinski definition) is 1. The Balaban J connectivity index is 1.58. The van der Waals surface area contributed by atoms with E-state index in [9.17, 15) is 9.59 Å². The van der Waals surface area contributed by atoms with Gasteiger partial charge < -0.3 is 19.7 Å². The van der Waals surface area contributed by atoms with Gasteiger partial charge in [-0.25, -0.2) is 0 Å². The summed E-state index contributed by atoms with van der Waals surface area (Å²) in [7, 11) is 0. The van der Waals surface area contributed by atoms with Crippen LogP contribution in [0.2, 0.25) is 0 Å². The molecule has 2 aromatic carbocycles. The van der Waals surface area contributed by atoms with Crippen LogP contribution in [0, 0.1) is 0 Å². The number of rotatable bonds is 9. The molecule has 1 heterocycles. The maximum absolute atomic E-state index is 12.8. The number of nitrogens with zero attached hydrogens (tertiary/aromatic N) is 1. The van der Waals surface area contributed by atoms with Gasteiger partial charge >= 0.3 is 0 Å². The first kappa shape index (κ1) is 21.8. The summed E-state index contributed by atoms with van der Waals surface area (Å²) in [6.45, 7) is 5.12. The number of para-hydroxylation sites is 1. The van der Waals surface area contributed by atoms with Gasteiger partial charge in [-0.3, -0.25) is 9.59 Å². The molecule has 1 fully saturated rings. The summed E-state index contributed by atoms with van der Waals surface area (Å²) in [6.07, 6.45) is 4.47. The number of amides is 2. The molecule has 6 nitrogen and oxygen atoms in total. The maximum Gasteiger partial charge on any atom is 0.259 e. The number of morpholine rings is 1. The lowest BCUT2D eigenvalue weighted by molar-refractivity contribution is 0.0303. The Bertz CT molecular complexity index is 829. The largest absolute Gasteiger partial charge is 0.493 e. The lowest BCUT2D eigenvalue weighted by atomic mass is 10.1. The van der Waals surface area contributed by atoms with E-state index in [1.165, 1.54) is 12.8 Å². The van der Waals surface area contributed by atoms with Crippen LogP contribution < -0.4 is 10.1 Å². The van der Waals surface area contributed by atoms with Crippen molar-refractivity contribution in [2.45, 2.75) is 32.6 Å². The van der Waals surface area contributed by atoms with Crippen LogP contribution in [-0.4, -0.2) is 49.6 Å². The molecular formula is C24H30N2O4. The van der Waals surface area contributed by atoms with Gasteiger partial charge in [-0.05, 0) is 42.8 Å². The standard InChI is InChI=1S/C24H30N2O4/c1-2-3-4-7-16-30-22-9-6-5-8-21(22)23(27)25-20-12-10-19(11-13-20)24(28)26-14-17-29-18-15-26/h5-6,8-13H,2-4,7,14-18H2,1H3,(H,25,27). The van der Waals surface area contributed by atoms with Crippen LogP contribution in [0.5, 0.6) is 5.75 Å². The molecule has 30 heavy (non-hydrogen) atoms. The van der Waals surface area contributed by atoms with E-state index in [2.05, 4.69) is 12.2 Å². The second kappa shape index (κ2) is 11.4. The molecule has 2 amide bonds. The van der Waals surface area contributed by atoms with Gasteiger partial charge in [-0.2, -0.15) is 0 Å². The highest BCUT2D eigenvalue weighted by Crippen LogP contribution is 2.21. The Morgan fingerprint density at radius 1 is 1.00 bits per heavy atom. The van der Waals surface area contributed by atoms with Gasteiger partial charge in [0.05, 0.1) is 25.4 Å². The van der Waals surface area contributed by atoms with E-state index in [4.69, 9.17) is 9.47 Å². The smallest absolute Gasteiger partial charge is 0.259 e. The van der Waals surface area contributed by atoms with Crippen molar-refractivity contribution in [3.63, 3.8) is 0 Å². The molecule has 0 radical (unpaired) electrons. The molecule has 1 aliphatic rings. The minimum absolute atomic E-state index is 0.0157. The highest BCUT2D eigenvalue weighted by atomic mass is 16.5. The summed E-state index contributed by atoms with van der Waals surface area (Å²) >= 11 is 0. The van der Waals surface area contributed by atoms with Crippen LogP contribution in [0.3, 0.4) is 0 Å².